The van der Waals surface area contributed by atoms with Crippen LogP contribution in [0.15, 0.2) is 42.5 Å². The van der Waals surface area contributed by atoms with Crippen molar-refractivity contribution in [1.29, 1.82) is 5.26 Å². The van der Waals surface area contributed by atoms with Crippen LogP contribution in [0.5, 0.6) is 0 Å². The molecule has 2 unspecified atom stereocenters. The first kappa shape index (κ1) is 25.2. The van der Waals surface area contributed by atoms with E-state index in [1.54, 1.807) is 6.07 Å². The number of halogens is 2. The van der Waals surface area contributed by atoms with E-state index in [9.17, 15) is 14.4 Å². The SMILES string of the molecule is N#Cc1cccc([C@]23CC[C@@H](C(CCCCN4CCC4)CC(=O)Nc4ccc(F)c(Cl)c4)CC2C3)c1. The molecule has 3 aliphatic rings. The van der Waals surface area contributed by atoms with Crippen molar-refractivity contribution in [3.8, 4) is 6.07 Å². The first-order valence-electron chi connectivity index (χ1n) is 13.4. The molecule has 6 heteroatoms. The van der Waals surface area contributed by atoms with Gasteiger partial charge in [-0.15, -0.1) is 0 Å². The molecule has 1 aliphatic heterocycles. The van der Waals surface area contributed by atoms with E-state index in [0.717, 1.165) is 37.7 Å². The maximum absolute atomic E-state index is 13.5. The molecule has 0 aromatic heterocycles. The summed E-state index contributed by atoms with van der Waals surface area (Å²) in [5.74, 6) is 1.04. The Bertz CT molecular complexity index is 1140. The summed E-state index contributed by atoms with van der Waals surface area (Å²) >= 11 is 5.91. The molecule has 36 heavy (non-hydrogen) atoms. The summed E-state index contributed by atoms with van der Waals surface area (Å²) in [6, 6.07) is 14.8. The van der Waals surface area contributed by atoms with Crippen LogP contribution in [0.2, 0.25) is 5.02 Å². The molecule has 1 heterocycles. The van der Waals surface area contributed by atoms with Gasteiger partial charge in [-0.3, -0.25) is 4.79 Å². The third kappa shape index (κ3) is 5.61. The Hall–Kier alpha value is -2.42. The number of fused-ring (bicyclic) bond motifs is 1. The molecule has 190 valence electrons. The van der Waals surface area contributed by atoms with Crippen LogP contribution in [0.3, 0.4) is 0 Å². The summed E-state index contributed by atoms with van der Waals surface area (Å²) in [5.41, 5.74) is 2.85. The van der Waals surface area contributed by atoms with Crippen LogP contribution in [-0.2, 0) is 10.2 Å². The Balaban J connectivity index is 1.21. The van der Waals surface area contributed by atoms with Crippen LogP contribution >= 0.6 is 11.6 Å². The lowest BCUT2D eigenvalue weighted by molar-refractivity contribution is -0.117. The molecular weight excluding hydrogens is 473 g/mol. The summed E-state index contributed by atoms with van der Waals surface area (Å²) in [6.07, 6.45) is 9.82. The molecule has 2 aromatic rings. The molecule has 3 fully saturated rings. The van der Waals surface area contributed by atoms with Crippen molar-refractivity contribution < 1.29 is 9.18 Å². The van der Waals surface area contributed by atoms with Crippen molar-refractivity contribution >= 4 is 23.2 Å². The maximum atomic E-state index is 13.5. The van der Waals surface area contributed by atoms with E-state index >= 15 is 0 Å². The average Bonchev–Trinajstić information content (AvgIpc) is 3.59. The summed E-state index contributed by atoms with van der Waals surface area (Å²) in [6.45, 7) is 3.62. The highest BCUT2D eigenvalue weighted by molar-refractivity contribution is 6.31. The largest absolute Gasteiger partial charge is 0.326 e. The van der Waals surface area contributed by atoms with Gasteiger partial charge in [-0.05, 0) is 124 Å². The number of carbonyl (C=O) groups is 1. The lowest BCUT2D eigenvalue weighted by Crippen LogP contribution is -2.37. The van der Waals surface area contributed by atoms with E-state index in [0.29, 0.717) is 29.9 Å². The van der Waals surface area contributed by atoms with E-state index in [2.05, 4.69) is 28.4 Å². The molecule has 4 nitrogen and oxygen atoms in total. The van der Waals surface area contributed by atoms with Gasteiger partial charge in [0, 0.05) is 12.1 Å². The van der Waals surface area contributed by atoms with Crippen LogP contribution < -0.4 is 5.32 Å². The minimum absolute atomic E-state index is 0.0141. The van der Waals surface area contributed by atoms with Gasteiger partial charge in [-0.1, -0.05) is 30.2 Å². The van der Waals surface area contributed by atoms with Crippen molar-refractivity contribution in [2.75, 3.05) is 25.0 Å². The lowest BCUT2D eigenvalue weighted by atomic mass is 9.71. The smallest absolute Gasteiger partial charge is 0.224 e. The van der Waals surface area contributed by atoms with Gasteiger partial charge in [0.2, 0.25) is 5.91 Å². The van der Waals surface area contributed by atoms with Crippen LogP contribution in [0.25, 0.3) is 0 Å². The van der Waals surface area contributed by atoms with Gasteiger partial charge >= 0.3 is 0 Å². The van der Waals surface area contributed by atoms with Crippen LogP contribution in [0.4, 0.5) is 10.1 Å². The van der Waals surface area contributed by atoms with Crippen molar-refractivity contribution in [2.24, 2.45) is 17.8 Å². The predicted molar refractivity (Wildman–Crippen MR) is 141 cm³/mol. The second-order valence-electron chi connectivity index (χ2n) is 11.1. The fourth-order valence-electron chi connectivity index (χ4n) is 6.62. The quantitative estimate of drug-likeness (QED) is 0.355. The number of hydrogen-bond acceptors (Lipinski definition) is 3. The minimum atomic E-state index is -0.481. The number of anilines is 1. The van der Waals surface area contributed by atoms with Gasteiger partial charge in [0.1, 0.15) is 5.82 Å². The fourth-order valence-corrected chi connectivity index (χ4v) is 6.80. The van der Waals surface area contributed by atoms with Crippen LogP contribution in [0.1, 0.15) is 68.9 Å². The van der Waals surface area contributed by atoms with Gasteiger partial charge in [0.15, 0.2) is 0 Å². The molecule has 1 saturated heterocycles. The van der Waals surface area contributed by atoms with Crippen molar-refractivity contribution in [1.82, 2.24) is 4.90 Å². The zero-order chi connectivity index (χ0) is 25.1. The van der Waals surface area contributed by atoms with E-state index in [1.807, 2.05) is 12.1 Å². The highest BCUT2D eigenvalue weighted by Gasteiger charge is 2.58. The molecule has 1 N–H and O–H groups in total. The normalized spacial score (nSPS) is 25.8. The Kier molecular flexibility index (Phi) is 7.65. The van der Waals surface area contributed by atoms with Gasteiger partial charge in [-0.2, -0.15) is 5.26 Å². The molecule has 0 spiro atoms. The molecule has 2 aromatic carbocycles. The standard InChI is InChI=1S/C30H35ClFN3O/c31-27-18-26(8-9-28(27)32)34-29(36)17-22(6-1-2-12-35-13-4-14-35)23-10-11-30(19-25(30)16-23)24-7-3-5-21(15-24)20-33/h3,5,7-9,15,18,22-23,25H,1-2,4,6,10-14,16-17,19H2,(H,34,36)/t22?,23-,25?,30-/m1/s1. The van der Waals surface area contributed by atoms with E-state index in [1.165, 1.54) is 56.6 Å². The van der Waals surface area contributed by atoms with Crippen LogP contribution in [-0.4, -0.2) is 30.4 Å². The summed E-state index contributed by atoms with van der Waals surface area (Å²) in [7, 11) is 0. The Morgan fingerprint density at radius 2 is 2.11 bits per heavy atom. The number of hydrogen-bond donors (Lipinski definition) is 1. The second kappa shape index (κ2) is 10.9. The van der Waals surface area contributed by atoms with Crippen LogP contribution in [0, 0.1) is 34.9 Å². The molecular formula is C30H35ClFN3O. The number of benzene rings is 2. The predicted octanol–water partition coefficient (Wildman–Crippen LogP) is 6.93. The number of nitriles is 1. The zero-order valence-electron chi connectivity index (χ0n) is 20.8. The number of likely N-dealkylation sites (tertiary alicyclic amines) is 1. The van der Waals surface area contributed by atoms with Crippen molar-refractivity contribution in [3.63, 3.8) is 0 Å². The number of amides is 1. The molecule has 5 rings (SSSR count). The molecule has 4 atom stereocenters. The third-order valence-electron chi connectivity index (χ3n) is 8.91. The number of rotatable bonds is 10. The third-order valence-corrected chi connectivity index (χ3v) is 9.20. The van der Waals surface area contributed by atoms with Gasteiger partial charge < -0.3 is 10.2 Å². The highest BCUT2D eigenvalue weighted by Crippen LogP contribution is 2.64. The van der Waals surface area contributed by atoms with E-state index < -0.39 is 5.82 Å². The van der Waals surface area contributed by atoms with Gasteiger partial charge in [0.25, 0.3) is 0 Å². The van der Waals surface area contributed by atoms with E-state index in [-0.39, 0.29) is 16.3 Å². The number of carbonyl (C=O) groups excluding carboxylic acids is 1. The number of unbranched alkanes of at least 4 members (excludes halogenated alkanes) is 1. The molecule has 0 radical (unpaired) electrons. The topological polar surface area (TPSA) is 56.1 Å². The summed E-state index contributed by atoms with van der Waals surface area (Å²) in [5, 5.41) is 12.3. The first-order chi connectivity index (χ1) is 17.5. The van der Waals surface area contributed by atoms with Crippen molar-refractivity contribution in [3.05, 3.63) is 64.4 Å². The molecule has 2 saturated carbocycles. The zero-order valence-corrected chi connectivity index (χ0v) is 21.6. The van der Waals surface area contributed by atoms with E-state index in [4.69, 9.17) is 11.6 Å². The number of nitrogens with one attached hydrogen (secondary N) is 1. The van der Waals surface area contributed by atoms with Crippen molar-refractivity contribution in [2.45, 2.75) is 63.2 Å². The fraction of sp³-hybridized carbons (Fsp3) is 0.533. The summed E-state index contributed by atoms with van der Waals surface area (Å²) in [4.78, 5) is 15.5. The average molecular weight is 508 g/mol. The second-order valence-corrected chi connectivity index (χ2v) is 11.5. The molecule has 2 aliphatic carbocycles. The lowest BCUT2D eigenvalue weighted by Gasteiger charge is -2.34. The Morgan fingerprint density at radius 3 is 2.83 bits per heavy atom. The maximum Gasteiger partial charge on any atom is 0.224 e. The first-order valence-corrected chi connectivity index (χ1v) is 13.8. The monoisotopic (exact) mass is 507 g/mol. The number of nitrogens with zero attached hydrogens (tertiary/aromatic N) is 2. The van der Waals surface area contributed by atoms with Gasteiger partial charge in [-0.25, -0.2) is 4.39 Å². The molecule has 0 bridgehead atoms. The minimum Gasteiger partial charge on any atom is -0.326 e. The highest BCUT2D eigenvalue weighted by atomic mass is 35.5. The summed E-state index contributed by atoms with van der Waals surface area (Å²) < 4.78 is 13.5. The Labute approximate surface area is 218 Å². The van der Waals surface area contributed by atoms with Gasteiger partial charge in [0.05, 0.1) is 16.7 Å². The molecule has 1 amide bonds. The Morgan fingerprint density at radius 1 is 1.25 bits per heavy atom.